The Bertz CT molecular complexity index is 528. The number of nitrogens with one attached hydrogen (secondary N) is 1. The minimum atomic E-state index is 0.173. The maximum Gasteiger partial charge on any atom is 0.149 e. The van der Waals surface area contributed by atoms with Gasteiger partial charge in [-0.05, 0) is 18.4 Å². The van der Waals surface area contributed by atoms with Gasteiger partial charge in [0.05, 0.1) is 18.4 Å². The highest BCUT2D eigenvalue weighted by Gasteiger charge is 2.11. The predicted octanol–water partition coefficient (Wildman–Crippen LogP) is 4.25. The summed E-state index contributed by atoms with van der Waals surface area (Å²) in [5, 5.41) is 3.75. The summed E-state index contributed by atoms with van der Waals surface area (Å²) in [5.41, 5.74) is 1.21. The van der Waals surface area contributed by atoms with Crippen molar-refractivity contribution in [1.29, 1.82) is 0 Å². The molecule has 1 aromatic heterocycles. The van der Waals surface area contributed by atoms with Gasteiger partial charge < -0.3 is 5.32 Å². The van der Waals surface area contributed by atoms with E-state index >= 15 is 0 Å². The average molecular weight is 274 g/mol. The monoisotopic (exact) mass is 273 g/mol. The Labute approximate surface area is 118 Å². The maximum absolute atomic E-state index is 5.85. The van der Waals surface area contributed by atoms with E-state index in [4.69, 9.17) is 11.6 Å². The summed E-state index contributed by atoms with van der Waals surface area (Å²) in [6.07, 6.45) is 6.99. The molecular formula is C15H16ClN3. The Balaban J connectivity index is 2.16. The number of hydrogen-bond donors (Lipinski definition) is 1. The summed E-state index contributed by atoms with van der Waals surface area (Å²) in [6, 6.07) is 10.4. The summed E-state index contributed by atoms with van der Waals surface area (Å²) in [6.45, 7) is 3.77. The predicted molar refractivity (Wildman–Crippen MR) is 79.3 cm³/mol. The summed E-state index contributed by atoms with van der Waals surface area (Å²) in [5.74, 6) is 0.686. The molecule has 0 aliphatic carbocycles. The number of nitrogens with zero attached hydrogens (tertiary/aromatic N) is 2. The van der Waals surface area contributed by atoms with Crippen molar-refractivity contribution in [1.82, 2.24) is 9.97 Å². The SMILES string of the molecule is C=CCCC(Nc1cncc(Cl)n1)c1ccccc1. The van der Waals surface area contributed by atoms with Gasteiger partial charge in [-0.25, -0.2) is 4.98 Å². The van der Waals surface area contributed by atoms with Crippen molar-refractivity contribution in [2.24, 2.45) is 0 Å². The minimum absolute atomic E-state index is 0.173. The molecule has 1 aromatic carbocycles. The topological polar surface area (TPSA) is 37.8 Å². The van der Waals surface area contributed by atoms with Crippen LogP contribution in [0.5, 0.6) is 0 Å². The molecular weight excluding hydrogens is 258 g/mol. The highest BCUT2D eigenvalue weighted by Crippen LogP contribution is 2.23. The molecule has 0 bridgehead atoms. The molecule has 4 heteroatoms. The van der Waals surface area contributed by atoms with Gasteiger partial charge in [-0.2, -0.15) is 0 Å². The van der Waals surface area contributed by atoms with Gasteiger partial charge in [0.2, 0.25) is 0 Å². The molecule has 1 unspecified atom stereocenters. The van der Waals surface area contributed by atoms with Crippen LogP contribution in [0, 0.1) is 0 Å². The number of rotatable bonds is 6. The van der Waals surface area contributed by atoms with Crippen LogP contribution in [0.1, 0.15) is 24.4 Å². The lowest BCUT2D eigenvalue weighted by molar-refractivity contribution is 0.701. The fourth-order valence-corrected chi connectivity index (χ4v) is 2.03. The second kappa shape index (κ2) is 6.90. The zero-order valence-electron chi connectivity index (χ0n) is 10.6. The first-order valence-corrected chi connectivity index (χ1v) is 6.57. The molecule has 0 saturated heterocycles. The van der Waals surface area contributed by atoms with E-state index in [-0.39, 0.29) is 6.04 Å². The molecule has 0 aliphatic rings. The third-order valence-electron chi connectivity index (χ3n) is 2.79. The lowest BCUT2D eigenvalue weighted by atomic mass is 10.0. The van der Waals surface area contributed by atoms with E-state index in [2.05, 4.69) is 34.0 Å². The van der Waals surface area contributed by atoms with E-state index in [0.717, 1.165) is 12.8 Å². The summed E-state index contributed by atoms with van der Waals surface area (Å²) >= 11 is 5.85. The highest BCUT2D eigenvalue weighted by atomic mass is 35.5. The second-order valence-corrected chi connectivity index (χ2v) is 4.59. The van der Waals surface area contributed by atoms with Crippen molar-refractivity contribution in [3.05, 3.63) is 66.1 Å². The Morgan fingerprint density at radius 3 is 2.74 bits per heavy atom. The standard InChI is InChI=1S/C15H16ClN3/c1-2-3-9-13(12-7-5-4-6-8-12)18-15-11-17-10-14(16)19-15/h2,4-8,10-11,13H,1,3,9H2,(H,18,19). The normalized spacial score (nSPS) is 11.8. The van der Waals surface area contributed by atoms with Crippen LogP contribution in [0.15, 0.2) is 55.4 Å². The molecule has 1 N–H and O–H groups in total. The van der Waals surface area contributed by atoms with Crippen LogP contribution < -0.4 is 5.32 Å². The largest absolute Gasteiger partial charge is 0.362 e. The van der Waals surface area contributed by atoms with Gasteiger partial charge in [0.25, 0.3) is 0 Å². The first-order valence-electron chi connectivity index (χ1n) is 6.19. The Morgan fingerprint density at radius 1 is 1.26 bits per heavy atom. The molecule has 0 radical (unpaired) electrons. The van der Waals surface area contributed by atoms with Crippen molar-refractivity contribution in [2.75, 3.05) is 5.32 Å². The number of hydrogen-bond acceptors (Lipinski definition) is 3. The molecule has 0 fully saturated rings. The van der Waals surface area contributed by atoms with Crippen LogP contribution in [-0.2, 0) is 0 Å². The molecule has 1 heterocycles. The zero-order valence-corrected chi connectivity index (χ0v) is 11.3. The van der Waals surface area contributed by atoms with Crippen LogP contribution >= 0.6 is 11.6 Å². The minimum Gasteiger partial charge on any atom is -0.362 e. The van der Waals surface area contributed by atoms with Gasteiger partial charge in [0.15, 0.2) is 0 Å². The van der Waals surface area contributed by atoms with E-state index in [9.17, 15) is 0 Å². The zero-order chi connectivity index (χ0) is 13.5. The summed E-state index contributed by atoms with van der Waals surface area (Å²) in [4.78, 5) is 8.25. The van der Waals surface area contributed by atoms with Crippen LogP contribution in [0.25, 0.3) is 0 Å². The summed E-state index contributed by atoms with van der Waals surface area (Å²) < 4.78 is 0. The molecule has 0 spiro atoms. The lowest BCUT2D eigenvalue weighted by Gasteiger charge is -2.19. The Hall–Kier alpha value is -1.87. The first kappa shape index (κ1) is 13.6. The molecule has 0 aliphatic heterocycles. The number of aromatic nitrogens is 2. The molecule has 0 saturated carbocycles. The number of allylic oxidation sites excluding steroid dienone is 1. The van der Waals surface area contributed by atoms with Gasteiger partial charge in [0.1, 0.15) is 11.0 Å². The smallest absolute Gasteiger partial charge is 0.149 e. The van der Waals surface area contributed by atoms with Crippen molar-refractivity contribution in [3.8, 4) is 0 Å². The second-order valence-electron chi connectivity index (χ2n) is 4.20. The third-order valence-corrected chi connectivity index (χ3v) is 2.97. The number of anilines is 1. The van der Waals surface area contributed by atoms with E-state index in [1.165, 1.54) is 11.8 Å². The van der Waals surface area contributed by atoms with Crippen LogP contribution in [-0.4, -0.2) is 9.97 Å². The molecule has 2 aromatic rings. The fourth-order valence-electron chi connectivity index (χ4n) is 1.88. The average Bonchev–Trinajstić information content (AvgIpc) is 2.44. The van der Waals surface area contributed by atoms with Gasteiger partial charge in [-0.1, -0.05) is 48.0 Å². The van der Waals surface area contributed by atoms with Crippen molar-refractivity contribution >= 4 is 17.4 Å². The van der Waals surface area contributed by atoms with E-state index in [1.54, 1.807) is 6.20 Å². The van der Waals surface area contributed by atoms with Crippen molar-refractivity contribution < 1.29 is 0 Å². The lowest BCUT2D eigenvalue weighted by Crippen LogP contribution is -2.11. The van der Waals surface area contributed by atoms with Crippen molar-refractivity contribution in [2.45, 2.75) is 18.9 Å². The molecule has 2 rings (SSSR count). The van der Waals surface area contributed by atoms with E-state index in [0.29, 0.717) is 11.0 Å². The molecule has 1 atom stereocenters. The number of benzene rings is 1. The van der Waals surface area contributed by atoms with Crippen LogP contribution in [0.3, 0.4) is 0 Å². The number of halogens is 1. The molecule has 3 nitrogen and oxygen atoms in total. The van der Waals surface area contributed by atoms with Gasteiger partial charge >= 0.3 is 0 Å². The van der Waals surface area contributed by atoms with Gasteiger partial charge in [0, 0.05) is 0 Å². The Morgan fingerprint density at radius 2 is 2.05 bits per heavy atom. The third kappa shape index (κ3) is 4.07. The van der Waals surface area contributed by atoms with Crippen LogP contribution in [0.4, 0.5) is 5.82 Å². The van der Waals surface area contributed by atoms with E-state index in [1.807, 2.05) is 24.3 Å². The first-order chi connectivity index (χ1) is 9.29. The quantitative estimate of drug-likeness (QED) is 0.800. The fraction of sp³-hybridized carbons (Fsp3) is 0.200. The van der Waals surface area contributed by atoms with Gasteiger partial charge in [-0.15, -0.1) is 6.58 Å². The summed E-state index contributed by atoms with van der Waals surface area (Å²) in [7, 11) is 0. The van der Waals surface area contributed by atoms with Crippen LogP contribution in [0.2, 0.25) is 5.15 Å². The Kier molecular flexibility index (Phi) is 4.93. The molecule has 98 valence electrons. The molecule has 19 heavy (non-hydrogen) atoms. The highest BCUT2D eigenvalue weighted by molar-refractivity contribution is 6.29. The molecule has 0 amide bonds. The van der Waals surface area contributed by atoms with E-state index < -0.39 is 0 Å². The van der Waals surface area contributed by atoms with Gasteiger partial charge in [-0.3, -0.25) is 4.98 Å². The van der Waals surface area contributed by atoms with Crippen molar-refractivity contribution in [3.63, 3.8) is 0 Å². The maximum atomic E-state index is 5.85.